The Bertz CT molecular complexity index is 1110. The number of nitroso groups, excluding NO2 is 1. The second-order valence-corrected chi connectivity index (χ2v) is 7.12. The number of aryl methyl sites for hydroxylation is 1. The molecule has 0 bridgehead atoms. The molecule has 1 unspecified atom stereocenters. The fraction of sp³-hybridized carbons (Fsp3) is 0.263. The van der Waals surface area contributed by atoms with Gasteiger partial charge in [-0.2, -0.15) is 4.91 Å². The van der Waals surface area contributed by atoms with Crippen LogP contribution in [0.2, 0.25) is 10.0 Å². The van der Waals surface area contributed by atoms with Gasteiger partial charge >= 0.3 is 0 Å². The number of hydrogen-bond donors (Lipinski definition) is 2. The molecular formula is C19H17Cl2N3O5. The topological polar surface area (TPSA) is 114 Å². The summed E-state index contributed by atoms with van der Waals surface area (Å²) in [6, 6.07) is 6.53. The number of hydrogen-bond acceptors (Lipinski definition) is 7. The summed E-state index contributed by atoms with van der Waals surface area (Å²) >= 11 is 12.8. The fourth-order valence-corrected chi connectivity index (χ4v) is 3.55. The van der Waals surface area contributed by atoms with Crippen LogP contribution in [-0.4, -0.2) is 39.1 Å². The number of pyridine rings is 2. The van der Waals surface area contributed by atoms with E-state index in [0.717, 1.165) is 5.56 Å². The van der Waals surface area contributed by atoms with E-state index in [4.69, 9.17) is 33.0 Å². The molecule has 0 radical (unpaired) electrons. The predicted octanol–water partition coefficient (Wildman–Crippen LogP) is 3.00. The number of nitrogens with zero attached hydrogens (tertiary/aromatic N) is 3. The zero-order chi connectivity index (χ0) is 21.1. The summed E-state index contributed by atoms with van der Waals surface area (Å²) in [4.78, 5) is 27.9. The average Bonchev–Trinajstić information content (AvgIpc) is 2.69. The van der Waals surface area contributed by atoms with Crippen LogP contribution in [0.4, 0.5) is 0 Å². The maximum absolute atomic E-state index is 12.8. The molecule has 3 aromatic rings. The molecule has 0 saturated carbocycles. The van der Waals surface area contributed by atoms with Crippen molar-refractivity contribution in [1.82, 2.24) is 9.55 Å². The first-order chi connectivity index (χ1) is 13.9. The van der Waals surface area contributed by atoms with Crippen LogP contribution in [0.3, 0.4) is 0 Å². The summed E-state index contributed by atoms with van der Waals surface area (Å²) in [5, 5.41) is 22.0. The number of ether oxygens (including phenoxy) is 1. The van der Waals surface area contributed by atoms with Gasteiger partial charge in [0.2, 0.25) is 5.88 Å². The molecule has 0 fully saturated rings. The zero-order valence-electron chi connectivity index (χ0n) is 15.3. The Hall–Kier alpha value is -2.52. The van der Waals surface area contributed by atoms with E-state index in [-0.39, 0.29) is 35.0 Å². The minimum absolute atomic E-state index is 0.0524. The lowest BCUT2D eigenvalue weighted by Crippen LogP contribution is -2.23. The summed E-state index contributed by atoms with van der Waals surface area (Å²) in [6.45, 7) is 0.757. The number of benzene rings is 1. The van der Waals surface area contributed by atoms with Crippen molar-refractivity contribution in [2.24, 2.45) is 5.18 Å². The highest BCUT2D eigenvalue weighted by Gasteiger charge is 2.21. The quantitative estimate of drug-likeness (QED) is 0.549. The standard InChI is InChI=1S/C19H17Cl2N3O5/c1-10-3-2-4-13(20)17(10)24-11(6-23-28)5-15(27)16-18(24)14(21)7-22-19(16)29-9-12(26)8-25/h2-5,7,12,25-26H,6,8-9H2,1H3. The lowest BCUT2D eigenvalue weighted by atomic mass is 10.1. The molecule has 0 aliphatic carbocycles. The van der Waals surface area contributed by atoms with E-state index in [1.807, 2.05) is 13.0 Å². The Morgan fingerprint density at radius 2 is 2.07 bits per heavy atom. The van der Waals surface area contributed by atoms with Crippen LogP contribution < -0.4 is 10.2 Å². The molecule has 152 valence electrons. The number of aliphatic hydroxyl groups is 2. The van der Waals surface area contributed by atoms with Crippen LogP contribution in [0.1, 0.15) is 11.3 Å². The average molecular weight is 438 g/mol. The molecule has 0 amide bonds. The minimum Gasteiger partial charge on any atom is -0.474 e. The predicted molar refractivity (Wildman–Crippen MR) is 110 cm³/mol. The third-order valence-corrected chi connectivity index (χ3v) is 4.87. The van der Waals surface area contributed by atoms with Crippen LogP contribution in [0, 0.1) is 11.8 Å². The number of halogens is 2. The van der Waals surface area contributed by atoms with Gasteiger partial charge in [-0.1, -0.05) is 40.5 Å². The van der Waals surface area contributed by atoms with Crippen LogP contribution in [0.5, 0.6) is 5.88 Å². The van der Waals surface area contributed by atoms with Crippen molar-refractivity contribution in [3.05, 3.63) is 66.9 Å². The van der Waals surface area contributed by atoms with Gasteiger partial charge in [-0.15, -0.1) is 0 Å². The molecule has 0 saturated heterocycles. The monoisotopic (exact) mass is 437 g/mol. The third kappa shape index (κ3) is 4.11. The zero-order valence-corrected chi connectivity index (χ0v) is 16.8. The minimum atomic E-state index is -1.14. The number of rotatable bonds is 7. The Morgan fingerprint density at radius 1 is 1.31 bits per heavy atom. The SMILES string of the molecule is Cc1cccc(Cl)c1-n1c(CN=O)cc(=O)c2c(OCC(O)CO)ncc(Cl)c21. The second kappa shape index (κ2) is 8.87. The number of aliphatic hydroxyl groups excluding tert-OH is 2. The Balaban J connectivity index is 2.40. The van der Waals surface area contributed by atoms with Crippen molar-refractivity contribution >= 4 is 34.1 Å². The van der Waals surface area contributed by atoms with Crippen LogP contribution >= 0.6 is 23.2 Å². The molecule has 1 atom stereocenters. The van der Waals surface area contributed by atoms with E-state index in [1.165, 1.54) is 12.3 Å². The molecule has 29 heavy (non-hydrogen) atoms. The maximum atomic E-state index is 12.8. The van der Waals surface area contributed by atoms with Gasteiger partial charge in [-0.3, -0.25) is 4.79 Å². The Kier molecular flexibility index (Phi) is 6.49. The molecule has 2 heterocycles. The largest absolute Gasteiger partial charge is 0.474 e. The van der Waals surface area contributed by atoms with E-state index in [2.05, 4.69) is 10.2 Å². The summed E-state index contributed by atoms with van der Waals surface area (Å²) < 4.78 is 7.04. The first-order valence-electron chi connectivity index (χ1n) is 8.58. The van der Waals surface area contributed by atoms with Gasteiger partial charge in [0, 0.05) is 6.07 Å². The van der Waals surface area contributed by atoms with Crippen molar-refractivity contribution in [2.45, 2.75) is 19.6 Å². The van der Waals surface area contributed by atoms with Crippen molar-refractivity contribution in [3.63, 3.8) is 0 Å². The highest BCUT2D eigenvalue weighted by Crippen LogP contribution is 2.34. The summed E-state index contributed by atoms with van der Waals surface area (Å²) in [5.41, 5.74) is 1.37. The van der Waals surface area contributed by atoms with Crippen molar-refractivity contribution in [1.29, 1.82) is 0 Å². The molecule has 2 N–H and O–H groups in total. The normalized spacial score (nSPS) is 12.2. The summed E-state index contributed by atoms with van der Waals surface area (Å²) in [6.07, 6.45) is 0.152. The molecule has 10 heteroatoms. The van der Waals surface area contributed by atoms with E-state index in [1.54, 1.807) is 16.7 Å². The van der Waals surface area contributed by atoms with E-state index >= 15 is 0 Å². The lowest BCUT2D eigenvalue weighted by molar-refractivity contribution is 0.0526. The van der Waals surface area contributed by atoms with Gasteiger partial charge in [-0.25, -0.2) is 4.98 Å². The van der Waals surface area contributed by atoms with Crippen molar-refractivity contribution in [2.75, 3.05) is 13.2 Å². The molecular weight excluding hydrogens is 421 g/mol. The Morgan fingerprint density at radius 3 is 2.72 bits per heavy atom. The first kappa shape index (κ1) is 21.2. The van der Waals surface area contributed by atoms with Crippen LogP contribution in [0.25, 0.3) is 16.6 Å². The van der Waals surface area contributed by atoms with Gasteiger partial charge in [0.1, 0.15) is 24.6 Å². The van der Waals surface area contributed by atoms with E-state index in [9.17, 15) is 14.8 Å². The molecule has 0 aliphatic heterocycles. The molecule has 0 aliphatic rings. The maximum Gasteiger partial charge on any atom is 0.227 e. The third-order valence-electron chi connectivity index (χ3n) is 4.29. The number of fused-ring (bicyclic) bond motifs is 1. The first-order valence-corrected chi connectivity index (χ1v) is 9.34. The smallest absolute Gasteiger partial charge is 0.227 e. The van der Waals surface area contributed by atoms with E-state index in [0.29, 0.717) is 16.4 Å². The number of aromatic nitrogens is 2. The summed E-state index contributed by atoms with van der Waals surface area (Å²) in [5.74, 6) is -0.0639. The molecule has 8 nitrogen and oxygen atoms in total. The van der Waals surface area contributed by atoms with E-state index < -0.39 is 18.1 Å². The van der Waals surface area contributed by atoms with Crippen LogP contribution in [-0.2, 0) is 6.54 Å². The summed E-state index contributed by atoms with van der Waals surface area (Å²) in [7, 11) is 0. The fourth-order valence-electron chi connectivity index (χ4n) is 3.02. The lowest BCUT2D eigenvalue weighted by Gasteiger charge is -2.20. The molecule has 2 aromatic heterocycles. The second-order valence-electron chi connectivity index (χ2n) is 6.31. The molecule has 0 spiro atoms. The highest BCUT2D eigenvalue weighted by molar-refractivity contribution is 6.35. The molecule has 3 rings (SSSR count). The van der Waals surface area contributed by atoms with Gasteiger partial charge in [0.25, 0.3) is 0 Å². The van der Waals surface area contributed by atoms with Gasteiger partial charge in [0.05, 0.1) is 39.7 Å². The molecule has 1 aromatic carbocycles. The van der Waals surface area contributed by atoms with Gasteiger partial charge in [-0.05, 0) is 18.6 Å². The van der Waals surface area contributed by atoms with Crippen molar-refractivity contribution in [3.8, 4) is 11.6 Å². The number of para-hydroxylation sites is 1. The van der Waals surface area contributed by atoms with Gasteiger partial charge < -0.3 is 19.5 Å². The highest BCUT2D eigenvalue weighted by atomic mass is 35.5. The van der Waals surface area contributed by atoms with Crippen LogP contribution in [0.15, 0.2) is 40.4 Å². The van der Waals surface area contributed by atoms with Crippen molar-refractivity contribution < 1.29 is 14.9 Å². The Labute approximate surface area is 175 Å². The van der Waals surface area contributed by atoms with Gasteiger partial charge in [0.15, 0.2) is 5.43 Å².